The number of anilines is 1. The Hall–Kier alpha value is -1.91. The molecule has 0 radical (unpaired) electrons. The van der Waals surface area contributed by atoms with Crippen molar-refractivity contribution >= 4 is 32.4 Å². The Balaban J connectivity index is 1.47. The van der Waals surface area contributed by atoms with Crippen LogP contribution >= 0.6 is 11.3 Å². The first-order valence-electron chi connectivity index (χ1n) is 8.82. The number of amides is 1. The summed E-state index contributed by atoms with van der Waals surface area (Å²) in [6.07, 6.45) is 5.81. The van der Waals surface area contributed by atoms with Crippen LogP contribution in [0.1, 0.15) is 49.5 Å². The number of benzene rings is 1. The predicted molar refractivity (Wildman–Crippen MR) is 101 cm³/mol. The molecule has 0 bridgehead atoms. The van der Waals surface area contributed by atoms with Gasteiger partial charge in [-0.3, -0.25) is 4.79 Å². The summed E-state index contributed by atoms with van der Waals surface area (Å²) < 4.78 is 39.4. The average Bonchev–Trinajstić information content (AvgIpc) is 3.11. The Labute approximate surface area is 161 Å². The van der Waals surface area contributed by atoms with Crippen LogP contribution in [-0.4, -0.2) is 31.1 Å². The van der Waals surface area contributed by atoms with Crippen LogP contribution in [0.15, 0.2) is 29.2 Å². The van der Waals surface area contributed by atoms with Crippen molar-refractivity contribution in [1.29, 1.82) is 0 Å². The van der Waals surface area contributed by atoms with Crippen molar-refractivity contribution in [2.24, 2.45) is 0 Å². The molecule has 27 heavy (non-hydrogen) atoms. The monoisotopic (exact) mass is 412 g/mol. The first-order chi connectivity index (χ1) is 12.9. The summed E-state index contributed by atoms with van der Waals surface area (Å²) in [6, 6.07) is 4.48. The number of carbonyl (C=O) groups is 1. The van der Waals surface area contributed by atoms with Gasteiger partial charge in [-0.15, -0.1) is 10.2 Å². The zero-order valence-electron chi connectivity index (χ0n) is 14.7. The van der Waals surface area contributed by atoms with E-state index in [0.29, 0.717) is 11.0 Å². The van der Waals surface area contributed by atoms with Gasteiger partial charge >= 0.3 is 0 Å². The number of nitrogens with zero attached hydrogens (tertiary/aromatic N) is 2. The average molecular weight is 413 g/mol. The Bertz CT molecular complexity index is 878. The number of hydrogen-bond donors (Lipinski definition) is 2. The van der Waals surface area contributed by atoms with Crippen molar-refractivity contribution in [3.63, 3.8) is 0 Å². The maximum Gasteiger partial charge on any atom is 0.240 e. The van der Waals surface area contributed by atoms with Crippen LogP contribution in [0.4, 0.5) is 9.52 Å². The van der Waals surface area contributed by atoms with Crippen LogP contribution in [0.2, 0.25) is 0 Å². The van der Waals surface area contributed by atoms with Gasteiger partial charge in [0.2, 0.25) is 21.1 Å². The van der Waals surface area contributed by atoms with Crippen molar-refractivity contribution in [2.45, 2.75) is 49.3 Å². The second-order valence-corrected chi connectivity index (χ2v) is 9.21. The molecule has 1 amide bonds. The minimum absolute atomic E-state index is 0.0429. The highest BCUT2D eigenvalue weighted by atomic mass is 32.2. The first kappa shape index (κ1) is 19.8. The molecule has 1 fully saturated rings. The summed E-state index contributed by atoms with van der Waals surface area (Å²) in [4.78, 5) is 12.0. The molecule has 1 aliphatic rings. The second-order valence-electron chi connectivity index (χ2n) is 6.43. The standard InChI is InChI=1S/C17H21FN4O3S2/c18-13-6-8-14(9-7-13)27(24,25)19-11-10-15(23)20-17-22-21-16(26-17)12-4-2-1-3-5-12/h6-9,12,19H,1-5,10-11H2,(H,20,22,23). The predicted octanol–water partition coefficient (Wildman–Crippen LogP) is 3.03. The number of rotatable bonds is 7. The zero-order valence-corrected chi connectivity index (χ0v) is 16.3. The van der Waals surface area contributed by atoms with Crippen molar-refractivity contribution < 1.29 is 17.6 Å². The van der Waals surface area contributed by atoms with E-state index in [0.717, 1.165) is 30.0 Å². The highest BCUT2D eigenvalue weighted by Crippen LogP contribution is 2.35. The van der Waals surface area contributed by atoms with E-state index in [1.807, 2.05) is 0 Å². The van der Waals surface area contributed by atoms with Crippen LogP contribution < -0.4 is 10.0 Å². The van der Waals surface area contributed by atoms with Crippen LogP contribution in [0.3, 0.4) is 0 Å². The lowest BCUT2D eigenvalue weighted by Gasteiger charge is -2.18. The lowest BCUT2D eigenvalue weighted by atomic mass is 9.90. The third-order valence-electron chi connectivity index (χ3n) is 4.41. The van der Waals surface area contributed by atoms with Gasteiger partial charge in [0.05, 0.1) is 4.90 Å². The van der Waals surface area contributed by atoms with Crippen molar-refractivity contribution in [3.05, 3.63) is 35.1 Å². The molecule has 0 atom stereocenters. The van der Waals surface area contributed by atoms with Gasteiger partial charge in [-0.25, -0.2) is 17.5 Å². The van der Waals surface area contributed by atoms with E-state index in [1.54, 1.807) is 0 Å². The van der Waals surface area contributed by atoms with Gasteiger partial charge in [0.1, 0.15) is 10.8 Å². The van der Waals surface area contributed by atoms with Gasteiger partial charge in [-0.1, -0.05) is 30.6 Å². The summed E-state index contributed by atoms with van der Waals surface area (Å²) in [7, 11) is -3.78. The molecule has 0 unspecified atom stereocenters. The summed E-state index contributed by atoms with van der Waals surface area (Å²) in [5, 5.41) is 12.2. The quantitative estimate of drug-likeness (QED) is 0.728. The van der Waals surface area contributed by atoms with E-state index in [1.165, 1.54) is 42.7 Å². The number of halogens is 1. The number of carbonyl (C=O) groups excluding carboxylic acids is 1. The molecule has 1 aromatic carbocycles. The summed E-state index contributed by atoms with van der Waals surface area (Å²) in [5.41, 5.74) is 0. The van der Waals surface area contributed by atoms with Crippen LogP contribution in [0.5, 0.6) is 0 Å². The molecule has 0 aliphatic heterocycles. The van der Waals surface area contributed by atoms with Gasteiger partial charge in [0.25, 0.3) is 0 Å². The Morgan fingerprint density at radius 3 is 2.56 bits per heavy atom. The van der Waals surface area contributed by atoms with Gasteiger partial charge in [0, 0.05) is 18.9 Å². The van der Waals surface area contributed by atoms with Gasteiger partial charge < -0.3 is 5.32 Å². The smallest absolute Gasteiger partial charge is 0.240 e. The number of sulfonamides is 1. The molecule has 7 nitrogen and oxygen atoms in total. The van der Waals surface area contributed by atoms with E-state index < -0.39 is 15.8 Å². The topological polar surface area (TPSA) is 101 Å². The Morgan fingerprint density at radius 1 is 1.15 bits per heavy atom. The molecular weight excluding hydrogens is 391 g/mol. The number of hydrogen-bond acceptors (Lipinski definition) is 6. The highest BCUT2D eigenvalue weighted by molar-refractivity contribution is 7.89. The molecule has 0 spiro atoms. The minimum atomic E-state index is -3.78. The summed E-state index contributed by atoms with van der Waals surface area (Å²) >= 11 is 1.38. The molecule has 146 valence electrons. The van der Waals surface area contributed by atoms with E-state index in [-0.39, 0.29) is 23.8 Å². The fourth-order valence-electron chi connectivity index (χ4n) is 2.98. The molecule has 2 N–H and O–H groups in total. The highest BCUT2D eigenvalue weighted by Gasteiger charge is 2.20. The first-order valence-corrected chi connectivity index (χ1v) is 11.1. The number of nitrogens with one attached hydrogen (secondary N) is 2. The second kappa shape index (κ2) is 8.85. The Kier molecular flexibility index (Phi) is 6.51. The van der Waals surface area contributed by atoms with E-state index in [9.17, 15) is 17.6 Å². The molecule has 3 rings (SSSR count). The van der Waals surface area contributed by atoms with Crippen molar-refractivity contribution in [2.75, 3.05) is 11.9 Å². The lowest BCUT2D eigenvalue weighted by Crippen LogP contribution is -2.27. The molecule has 1 saturated carbocycles. The zero-order chi connectivity index (χ0) is 19.3. The third-order valence-corrected chi connectivity index (χ3v) is 6.89. The van der Waals surface area contributed by atoms with Crippen molar-refractivity contribution in [3.8, 4) is 0 Å². The molecular formula is C17H21FN4O3S2. The minimum Gasteiger partial charge on any atom is -0.300 e. The fraction of sp³-hybridized carbons (Fsp3) is 0.471. The van der Waals surface area contributed by atoms with E-state index in [4.69, 9.17) is 0 Å². The van der Waals surface area contributed by atoms with Crippen LogP contribution in [-0.2, 0) is 14.8 Å². The summed E-state index contributed by atoms with van der Waals surface area (Å²) in [6.45, 7) is -0.0696. The fourth-order valence-corrected chi connectivity index (χ4v) is 4.94. The maximum absolute atomic E-state index is 12.9. The third kappa shape index (κ3) is 5.53. The van der Waals surface area contributed by atoms with Gasteiger partial charge in [0.15, 0.2) is 0 Å². The molecule has 10 heteroatoms. The van der Waals surface area contributed by atoms with E-state index in [2.05, 4.69) is 20.2 Å². The summed E-state index contributed by atoms with van der Waals surface area (Å²) in [5.74, 6) is -0.439. The SMILES string of the molecule is O=C(CCNS(=O)(=O)c1ccc(F)cc1)Nc1nnc(C2CCCCC2)s1. The van der Waals surface area contributed by atoms with E-state index >= 15 is 0 Å². The molecule has 1 aliphatic carbocycles. The number of aromatic nitrogens is 2. The van der Waals surface area contributed by atoms with Gasteiger partial charge in [-0.05, 0) is 37.1 Å². The Morgan fingerprint density at radius 2 is 1.85 bits per heavy atom. The molecule has 1 heterocycles. The van der Waals surface area contributed by atoms with Crippen molar-refractivity contribution in [1.82, 2.24) is 14.9 Å². The largest absolute Gasteiger partial charge is 0.300 e. The maximum atomic E-state index is 12.9. The lowest BCUT2D eigenvalue weighted by molar-refractivity contribution is -0.116. The normalized spacial score (nSPS) is 15.6. The molecule has 1 aromatic heterocycles. The van der Waals surface area contributed by atoms with Crippen LogP contribution in [0, 0.1) is 5.82 Å². The molecule has 2 aromatic rings. The van der Waals surface area contributed by atoms with Crippen LogP contribution in [0.25, 0.3) is 0 Å². The molecule has 0 saturated heterocycles. The van der Waals surface area contributed by atoms with Gasteiger partial charge in [-0.2, -0.15) is 0 Å².